The molecule has 10 heteroatoms. The third-order valence-corrected chi connectivity index (χ3v) is 4.62. The van der Waals surface area contributed by atoms with Gasteiger partial charge in [0.05, 0.1) is 12.8 Å². The number of nitrogens with zero attached hydrogens (tertiary/aromatic N) is 1. The van der Waals surface area contributed by atoms with Crippen molar-refractivity contribution in [1.82, 2.24) is 5.32 Å². The number of rotatable bonds is 6. The summed E-state index contributed by atoms with van der Waals surface area (Å²) in [5.41, 5.74) is 6.13. The number of anilines is 1. The Labute approximate surface area is 182 Å². The van der Waals surface area contributed by atoms with Crippen molar-refractivity contribution in [2.45, 2.75) is 6.92 Å². The van der Waals surface area contributed by atoms with Gasteiger partial charge in [0.15, 0.2) is 18.1 Å². The fraction of sp³-hybridized carbons (Fsp3) is 0.143. The lowest BCUT2D eigenvalue weighted by Crippen LogP contribution is -2.54. The first-order valence-corrected chi connectivity index (χ1v) is 9.36. The Balaban J connectivity index is 1.98. The highest BCUT2D eigenvalue weighted by Crippen LogP contribution is 2.31. The second-order valence-corrected chi connectivity index (χ2v) is 6.99. The van der Waals surface area contributed by atoms with Crippen LogP contribution in [0.2, 0.25) is 5.02 Å². The molecule has 0 aliphatic carbocycles. The van der Waals surface area contributed by atoms with Crippen molar-refractivity contribution >= 4 is 47.1 Å². The number of aryl methyl sites for hydroxylation is 1. The molecule has 2 aromatic rings. The summed E-state index contributed by atoms with van der Waals surface area (Å²) in [5, 5.41) is 2.49. The number of methoxy groups -OCH3 is 1. The third kappa shape index (κ3) is 4.67. The minimum Gasteiger partial charge on any atom is -0.493 e. The number of carbonyl (C=O) groups is 4. The number of urea groups is 1. The molecule has 0 saturated carbocycles. The fourth-order valence-corrected chi connectivity index (χ4v) is 3.07. The lowest BCUT2D eigenvalue weighted by Gasteiger charge is -2.27. The van der Waals surface area contributed by atoms with Crippen LogP contribution in [-0.4, -0.2) is 37.5 Å². The number of benzene rings is 2. The van der Waals surface area contributed by atoms with Crippen LogP contribution in [0.3, 0.4) is 0 Å². The van der Waals surface area contributed by atoms with Gasteiger partial charge in [-0.2, -0.15) is 0 Å². The molecule has 0 spiro atoms. The van der Waals surface area contributed by atoms with Crippen molar-refractivity contribution in [2.75, 3.05) is 18.6 Å². The Kier molecular flexibility index (Phi) is 6.26. The van der Waals surface area contributed by atoms with E-state index >= 15 is 0 Å². The zero-order valence-corrected chi connectivity index (χ0v) is 17.4. The maximum Gasteiger partial charge on any atom is 0.335 e. The fourth-order valence-electron chi connectivity index (χ4n) is 2.91. The van der Waals surface area contributed by atoms with Crippen molar-refractivity contribution in [3.05, 3.63) is 58.1 Å². The lowest BCUT2D eigenvalue weighted by molar-refractivity contribution is -0.123. The van der Waals surface area contributed by atoms with Crippen LogP contribution in [0, 0.1) is 6.92 Å². The summed E-state index contributed by atoms with van der Waals surface area (Å²) in [6.07, 6.45) is 1.32. The van der Waals surface area contributed by atoms with Crippen LogP contribution in [0.4, 0.5) is 10.5 Å². The van der Waals surface area contributed by atoms with Gasteiger partial charge in [0, 0.05) is 5.02 Å². The van der Waals surface area contributed by atoms with Gasteiger partial charge in [-0.05, 0) is 48.4 Å². The second kappa shape index (κ2) is 8.88. The number of imide groups is 2. The molecule has 0 radical (unpaired) electrons. The molecule has 3 N–H and O–H groups in total. The van der Waals surface area contributed by atoms with Crippen LogP contribution < -0.4 is 25.4 Å². The number of barbiturate groups is 1. The molecular weight excluding hydrogens is 426 g/mol. The van der Waals surface area contributed by atoms with Crippen LogP contribution in [0.1, 0.15) is 11.1 Å². The molecule has 160 valence electrons. The number of nitrogens with one attached hydrogen (secondary N) is 1. The number of ether oxygens (including phenoxy) is 2. The Hall–Kier alpha value is -3.85. The molecule has 1 fully saturated rings. The molecule has 1 aliphatic heterocycles. The Morgan fingerprint density at radius 1 is 1.16 bits per heavy atom. The van der Waals surface area contributed by atoms with Gasteiger partial charge in [-0.1, -0.05) is 23.7 Å². The van der Waals surface area contributed by atoms with Crippen molar-refractivity contribution in [1.29, 1.82) is 0 Å². The normalized spacial score (nSPS) is 15.1. The number of hydrogen-bond donors (Lipinski definition) is 2. The molecule has 9 nitrogen and oxygen atoms in total. The van der Waals surface area contributed by atoms with E-state index in [2.05, 4.69) is 5.32 Å². The molecule has 2 aromatic carbocycles. The highest BCUT2D eigenvalue weighted by Gasteiger charge is 2.37. The largest absolute Gasteiger partial charge is 0.493 e. The molecule has 1 aliphatic rings. The SMILES string of the molecule is COc1cc(/C=C2\C(=O)NC(=O)N(c3cc(Cl)ccc3C)C2=O)ccc1OCC(N)=O. The first kappa shape index (κ1) is 21.8. The van der Waals surface area contributed by atoms with Crippen LogP contribution in [0.5, 0.6) is 11.5 Å². The van der Waals surface area contributed by atoms with Crippen LogP contribution >= 0.6 is 11.6 Å². The molecule has 1 saturated heterocycles. The standard InChI is InChI=1S/C21H18ClN3O6/c1-11-3-5-13(22)9-15(11)25-20(28)14(19(27)24-21(25)29)7-12-4-6-16(17(8-12)30-2)31-10-18(23)26/h3-9H,10H2,1-2H3,(H2,23,26)(H,24,27,29)/b14-7+. The average molecular weight is 444 g/mol. The number of hydrogen-bond acceptors (Lipinski definition) is 6. The van der Waals surface area contributed by atoms with E-state index in [1.807, 2.05) is 0 Å². The van der Waals surface area contributed by atoms with Gasteiger partial charge in [0.25, 0.3) is 17.7 Å². The Morgan fingerprint density at radius 2 is 1.90 bits per heavy atom. The predicted molar refractivity (Wildman–Crippen MR) is 113 cm³/mol. The van der Waals surface area contributed by atoms with Crippen LogP contribution in [-0.2, 0) is 14.4 Å². The van der Waals surface area contributed by atoms with E-state index in [1.165, 1.54) is 31.4 Å². The molecule has 5 amide bonds. The summed E-state index contributed by atoms with van der Waals surface area (Å²) in [6, 6.07) is 8.45. The van der Waals surface area contributed by atoms with Gasteiger partial charge in [0.2, 0.25) is 0 Å². The number of nitrogens with two attached hydrogens (primary N) is 1. The summed E-state index contributed by atoms with van der Waals surface area (Å²) in [7, 11) is 1.39. The van der Waals surface area contributed by atoms with E-state index in [0.29, 0.717) is 16.1 Å². The molecule has 3 rings (SSSR count). The van der Waals surface area contributed by atoms with Gasteiger partial charge >= 0.3 is 6.03 Å². The van der Waals surface area contributed by atoms with E-state index in [9.17, 15) is 19.2 Å². The number of carbonyl (C=O) groups excluding carboxylic acids is 4. The molecule has 1 heterocycles. The van der Waals surface area contributed by atoms with Crippen molar-refractivity contribution in [2.24, 2.45) is 5.73 Å². The molecule has 0 unspecified atom stereocenters. The van der Waals surface area contributed by atoms with Crippen molar-refractivity contribution in [3.63, 3.8) is 0 Å². The summed E-state index contributed by atoms with van der Waals surface area (Å²) in [4.78, 5) is 49.6. The van der Waals surface area contributed by atoms with E-state index in [0.717, 1.165) is 4.90 Å². The minimum absolute atomic E-state index is 0.258. The zero-order chi connectivity index (χ0) is 22.7. The number of amides is 5. The van der Waals surface area contributed by atoms with Crippen molar-refractivity contribution in [3.8, 4) is 11.5 Å². The van der Waals surface area contributed by atoms with Gasteiger partial charge < -0.3 is 15.2 Å². The first-order chi connectivity index (χ1) is 14.7. The van der Waals surface area contributed by atoms with Gasteiger partial charge in [-0.25, -0.2) is 9.69 Å². The summed E-state index contributed by atoms with van der Waals surface area (Å²) >= 11 is 6.01. The van der Waals surface area contributed by atoms with E-state index in [-0.39, 0.29) is 29.4 Å². The average Bonchev–Trinajstić information content (AvgIpc) is 2.72. The quantitative estimate of drug-likeness (QED) is 0.520. The smallest absolute Gasteiger partial charge is 0.335 e. The maximum atomic E-state index is 13.0. The van der Waals surface area contributed by atoms with E-state index < -0.39 is 23.8 Å². The summed E-state index contributed by atoms with van der Waals surface area (Å²) in [5.74, 6) is -1.77. The van der Waals surface area contributed by atoms with Crippen LogP contribution in [0.25, 0.3) is 6.08 Å². The molecule has 0 bridgehead atoms. The van der Waals surface area contributed by atoms with Gasteiger partial charge in [0.1, 0.15) is 5.57 Å². The number of halogens is 1. The van der Waals surface area contributed by atoms with E-state index in [1.54, 1.807) is 25.1 Å². The number of primary amides is 1. The molecule has 0 atom stereocenters. The van der Waals surface area contributed by atoms with Gasteiger partial charge in [-0.3, -0.25) is 19.7 Å². The Morgan fingerprint density at radius 3 is 2.58 bits per heavy atom. The molecular formula is C21H18ClN3O6. The van der Waals surface area contributed by atoms with Crippen molar-refractivity contribution < 1.29 is 28.7 Å². The second-order valence-electron chi connectivity index (χ2n) is 6.55. The highest BCUT2D eigenvalue weighted by atomic mass is 35.5. The minimum atomic E-state index is -0.870. The van der Waals surface area contributed by atoms with Gasteiger partial charge in [-0.15, -0.1) is 0 Å². The third-order valence-electron chi connectivity index (χ3n) is 4.38. The monoisotopic (exact) mass is 443 g/mol. The molecule has 0 aromatic heterocycles. The molecule has 31 heavy (non-hydrogen) atoms. The highest BCUT2D eigenvalue weighted by molar-refractivity contribution is 6.39. The lowest BCUT2D eigenvalue weighted by atomic mass is 10.1. The summed E-state index contributed by atoms with van der Waals surface area (Å²) < 4.78 is 10.5. The maximum absolute atomic E-state index is 13.0. The zero-order valence-electron chi connectivity index (χ0n) is 16.6. The van der Waals surface area contributed by atoms with E-state index in [4.69, 9.17) is 26.8 Å². The predicted octanol–water partition coefficient (Wildman–Crippen LogP) is 2.19. The topological polar surface area (TPSA) is 128 Å². The first-order valence-electron chi connectivity index (χ1n) is 8.98. The Bertz CT molecular complexity index is 1130. The van der Waals surface area contributed by atoms with Crippen LogP contribution in [0.15, 0.2) is 42.0 Å². The summed E-state index contributed by atoms with van der Waals surface area (Å²) in [6.45, 7) is 1.37.